The maximum Gasteiger partial charge on any atom is 0.308 e. The standard InChI is InChI=1S/C14H19N3O2S/c1-14(2,3)6-9(13(18)19)7-15-11-10-4-5-20-12(10)17-8-16-11/h4-5,8-9H,6-7H2,1-3H3,(H,18,19)(H,15,16,17). The molecular formula is C14H19N3O2S. The fourth-order valence-corrected chi connectivity index (χ4v) is 2.87. The number of fused-ring (bicyclic) bond motifs is 1. The Kier molecular flexibility index (Phi) is 4.23. The molecule has 2 aromatic heterocycles. The summed E-state index contributed by atoms with van der Waals surface area (Å²) in [4.78, 5) is 20.6. The van der Waals surface area contributed by atoms with E-state index in [0.29, 0.717) is 18.8 Å². The molecule has 2 N–H and O–H groups in total. The van der Waals surface area contributed by atoms with E-state index in [0.717, 1.165) is 10.2 Å². The van der Waals surface area contributed by atoms with Gasteiger partial charge in [-0.05, 0) is 23.3 Å². The van der Waals surface area contributed by atoms with Gasteiger partial charge in [-0.15, -0.1) is 11.3 Å². The van der Waals surface area contributed by atoms with Crippen molar-refractivity contribution in [3.8, 4) is 0 Å². The minimum Gasteiger partial charge on any atom is -0.481 e. The molecular weight excluding hydrogens is 274 g/mol. The molecule has 0 aliphatic rings. The number of thiophene rings is 1. The zero-order valence-electron chi connectivity index (χ0n) is 11.9. The molecule has 0 amide bonds. The maximum atomic E-state index is 11.3. The molecule has 0 radical (unpaired) electrons. The summed E-state index contributed by atoms with van der Waals surface area (Å²) < 4.78 is 0. The Balaban J connectivity index is 2.09. The summed E-state index contributed by atoms with van der Waals surface area (Å²) in [6, 6.07) is 1.95. The van der Waals surface area contributed by atoms with Crippen molar-refractivity contribution in [3.63, 3.8) is 0 Å². The number of nitrogens with one attached hydrogen (secondary N) is 1. The van der Waals surface area contributed by atoms with E-state index in [2.05, 4.69) is 15.3 Å². The first-order chi connectivity index (χ1) is 9.37. The molecule has 0 aliphatic heterocycles. The second-order valence-corrected chi connectivity index (χ2v) is 6.94. The fourth-order valence-electron chi connectivity index (χ4n) is 2.14. The van der Waals surface area contributed by atoms with Crippen molar-refractivity contribution in [1.29, 1.82) is 0 Å². The lowest BCUT2D eigenvalue weighted by molar-refractivity contribution is -0.142. The van der Waals surface area contributed by atoms with Gasteiger partial charge in [0.25, 0.3) is 0 Å². The molecule has 2 aromatic rings. The van der Waals surface area contributed by atoms with Crippen LogP contribution in [0.25, 0.3) is 10.2 Å². The van der Waals surface area contributed by atoms with Crippen LogP contribution in [-0.2, 0) is 4.79 Å². The molecule has 0 spiro atoms. The van der Waals surface area contributed by atoms with Crippen molar-refractivity contribution in [2.45, 2.75) is 27.2 Å². The third-order valence-corrected chi connectivity index (χ3v) is 3.81. The monoisotopic (exact) mass is 293 g/mol. The van der Waals surface area contributed by atoms with Gasteiger partial charge in [-0.1, -0.05) is 20.8 Å². The number of carbonyl (C=O) groups is 1. The van der Waals surface area contributed by atoms with Gasteiger partial charge >= 0.3 is 5.97 Å². The Labute approximate surface area is 122 Å². The van der Waals surface area contributed by atoms with Crippen LogP contribution in [-0.4, -0.2) is 27.6 Å². The first-order valence-electron chi connectivity index (χ1n) is 6.52. The van der Waals surface area contributed by atoms with Crippen LogP contribution in [0.2, 0.25) is 0 Å². The van der Waals surface area contributed by atoms with Crippen molar-refractivity contribution in [2.75, 3.05) is 11.9 Å². The van der Waals surface area contributed by atoms with Crippen molar-refractivity contribution >= 4 is 33.3 Å². The topological polar surface area (TPSA) is 75.1 Å². The van der Waals surface area contributed by atoms with E-state index in [9.17, 15) is 9.90 Å². The summed E-state index contributed by atoms with van der Waals surface area (Å²) in [5.41, 5.74) is -0.0197. The average Bonchev–Trinajstić information content (AvgIpc) is 2.81. The van der Waals surface area contributed by atoms with Crippen LogP contribution in [0.15, 0.2) is 17.8 Å². The molecule has 0 aromatic carbocycles. The molecule has 2 rings (SSSR count). The van der Waals surface area contributed by atoms with Crippen LogP contribution in [0.1, 0.15) is 27.2 Å². The molecule has 108 valence electrons. The van der Waals surface area contributed by atoms with Crippen molar-refractivity contribution in [1.82, 2.24) is 9.97 Å². The van der Waals surface area contributed by atoms with Crippen LogP contribution in [0.4, 0.5) is 5.82 Å². The van der Waals surface area contributed by atoms with Gasteiger partial charge in [0.1, 0.15) is 17.0 Å². The van der Waals surface area contributed by atoms with Crippen LogP contribution in [0.5, 0.6) is 0 Å². The first kappa shape index (κ1) is 14.7. The van der Waals surface area contributed by atoms with Crippen molar-refractivity contribution < 1.29 is 9.90 Å². The zero-order chi connectivity index (χ0) is 14.8. The van der Waals surface area contributed by atoms with E-state index >= 15 is 0 Å². The molecule has 1 atom stereocenters. The third kappa shape index (κ3) is 3.66. The maximum absolute atomic E-state index is 11.3. The van der Waals surface area contributed by atoms with Gasteiger partial charge in [-0.3, -0.25) is 4.79 Å². The summed E-state index contributed by atoms with van der Waals surface area (Å²) in [5, 5.41) is 15.4. The lowest BCUT2D eigenvalue weighted by atomic mass is 9.84. The lowest BCUT2D eigenvalue weighted by Crippen LogP contribution is -2.27. The van der Waals surface area contributed by atoms with Gasteiger partial charge in [0.2, 0.25) is 0 Å². The lowest BCUT2D eigenvalue weighted by Gasteiger charge is -2.23. The third-order valence-electron chi connectivity index (χ3n) is 2.99. The number of aromatic nitrogens is 2. The second kappa shape index (κ2) is 5.75. The molecule has 0 saturated heterocycles. The quantitative estimate of drug-likeness (QED) is 0.885. The smallest absolute Gasteiger partial charge is 0.308 e. The first-order valence-corrected chi connectivity index (χ1v) is 7.40. The number of nitrogens with zero attached hydrogens (tertiary/aromatic N) is 2. The minimum absolute atomic E-state index is 0.0197. The predicted octanol–water partition coefficient (Wildman–Crippen LogP) is 3.24. The zero-order valence-corrected chi connectivity index (χ0v) is 12.7. The Morgan fingerprint density at radius 1 is 1.45 bits per heavy atom. The SMILES string of the molecule is CC(C)(C)CC(CNc1ncnc2sccc12)C(=O)O. The summed E-state index contributed by atoms with van der Waals surface area (Å²) >= 11 is 1.54. The molecule has 0 saturated carbocycles. The van der Waals surface area contributed by atoms with Crippen LogP contribution in [0, 0.1) is 11.3 Å². The number of hydrogen-bond donors (Lipinski definition) is 2. The number of hydrogen-bond acceptors (Lipinski definition) is 5. The van der Waals surface area contributed by atoms with E-state index in [1.807, 2.05) is 32.2 Å². The fraction of sp³-hybridized carbons (Fsp3) is 0.500. The highest BCUT2D eigenvalue weighted by atomic mass is 32.1. The van der Waals surface area contributed by atoms with Crippen molar-refractivity contribution in [3.05, 3.63) is 17.8 Å². The summed E-state index contributed by atoms with van der Waals surface area (Å²) in [7, 11) is 0. The van der Waals surface area contributed by atoms with Crippen molar-refractivity contribution in [2.24, 2.45) is 11.3 Å². The Morgan fingerprint density at radius 3 is 2.85 bits per heavy atom. The van der Waals surface area contributed by atoms with Crippen LogP contribution >= 0.6 is 11.3 Å². The largest absolute Gasteiger partial charge is 0.481 e. The van der Waals surface area contributed by atoms with E-state index < -0.39 is 11.9 Å². The second-order valence-electron chi connectivity index (χ2n) is 6.04. The molecule has 0 fully saturated rings. The Bertz CT molecular complexity index is 604. The van der Waals surface area contributed by atoms with Gasteiger partial charge in [-0.2, -0.15) is 0 Å². The minimum atomic E-state index is -0.775. The highest BCUT2D eigenvalue weighted by Crippen LogP contribution is 2.27. The normalized spacial score (nSPS) is 13.3. The van der Waals surface area contributed by atoms with E-state index in [1.54, 1.807) is 11.3 Å². The van der Waals surface area contributed by atoms with Gasteiger partial charge in [0.05, 0.1) is 11.3 Å². The van der Waals surface area contributed by atoms with Crippen LogP contribution < -0.4 is 5.32 Å². The highest BCUT2D eigenvalue weighted by molar-refractivity contribution is 7.16. The van der Waals surface area contributed by atoms with E-state index in [1.165, 1.54) is 6.33 Å². The summed E-state index contributed by atoms with van der Waals surface area (Å²) in [6.07, 6.45) is 2.12. The predicted molar refractivity (Wildman–Crippen MR) is 81.1 cm³/mol. The number of anilines is 1. The molecule has 1 unspecified atom stereocenters. The van der Waals surface area contributed by atoms with E-state index in [4.69, 9.17) is 0 Å². The number of aliphatic carboxylic acids is 1. The molecule has 2 heterocycles. The van der Waals surface area contributed by atoms with Gasteiger partial charge in [0, 0.05) is 6.54 Å². The van der Waals surface area contributed by atoms with Gasteiger partial charge < -0.3 is 10.4 Å². The van der Waals surface area contributed by atoms with Crippen LogP contribution in [0.3, 0.4) is 0 Å². The Hall–Kier alpha value is -1.69. The number of rotatable bonds is 5. The number of carboxylic acids is 1. The highest BCUT2D eigenvalue weighted by Gasteiger charge is 2.24. The molecule has 5 nitrogen and oxygen atoms in total. The molecule has 6 heteroatoms. The Morgan fingerprint density at radius 2 is 2.20 bits per heavy atom. The van der Waals surface area contributed by atoms with Gasteiger partial charge in [-0.25, -0.2) is 9.97 Å². The van der Waals surface area contributed by atoms with Gasteiger partial charge in [0.15, 0.2) is 0 Å². The average molecular weight is 293 g/mol. The molecule has 20 heavy (non-hydrogen) atoms. The molecule has 0 aliphatic carbocycles. The van der Waals surface area contributed by atoms with E-state index in [-0.39, 0.29) is 5.41 Å². The summed E-state index contributed by atoms with van der Waals surface area (Å²) in [6.45, 7) is 6.51. The summed E-state index contributed by atoms with van der Waals surface area (Å²) in [5.74, 6) is -0.502. The molecule has 0 bridgehead atoms. The number of carboxylic acid groups (broad SMARTS) is 1.